The summed E-state index contributed by atoms with van der Waals surface area (Å²) < 4.78 is 24.5. The van der Waals surface area contributed by atoms with Crippen LogP contribution in [0, 0.1) is 6.92 Å². The Balaban J connectivity index is 1.98. The summed E-state index contributed by atoms with van der Waals surface area (Å²) >= 11 is 0. The number of carbonyl (C=O) groups excluding carboxylic acids is 2. The van der Waals surface area contributed by atoms with E-state index < -0.39 is 21.8 Å². The minimum absolute atomic E-state index is 0.277. The second-order valence-electron chi connectivity index (χ2n) is 5.17. The summed E-state index contributed by atoms with van der Waals surface area (Å²) in [5.41, 5.74) is 6.53. The predicted molar refractivity (Wildman–Crippen MR) is 91.0 cm³/mol. The number of benzene rings is 2. The van der Waals surface area contributed by atoms with Gasteiger partial charge in [0.05, 0.1) is 6.26 Å². The minimum Gasteiger partial charge on any atom is -0.284 e. The standard InChI is InChI=1S/C16H17N3O4S/c1-11-5-3-4-6-14(11)16(21)18-17-15(20)12-7-9-13(10-8-12)19-24(2,22)23/h3-10,19H,1-2H3,(H,17,20)(H,18,21). The van der Waals surface area contributed by atoms with Crippen LogP contribution in [0.4, 0.5) is 5.69 Å². The van der Waals surface area contributed by atoms with Gasteiger partial charge in [0.1, 0.15) is 0 Å². The fourth-order valence-electron chi connectivity index (χ4n) is 1.98. The van der Waals surface area contributed by atoms with Gasteiger partial charge >= 0.3 is 0 Å². The number of hydrazine groups is 1. The first-order chi connectivity index (χ1) is 11.3. The molecule has 0 radical (unpaired) electrons. The number of rotatable bonds is 4. The van der Waals surface area contributed by atoms with E-state index in [1.54, 1.807) is 25.1 Å². The van der Waals surface area contributed by atoms with Crippen molar-refractivity contribution >= 4 is 27.5 Å². The van der Waals surface area contributed by atoms with Crippen LogP contribution in [0.15, 0.2) is 48.5 Å². The van der Waals surface area contributed by atoms with Gasteiger partial charge in [0, 0.05) is 16.8 Å². The van der Waals surface area contributed by atoms with Gasteiger partial charge in [0.2, 0.25) is 10.0 Å². The zero-order valence-electron chi connectivity index (χ0n) is 13.2. The maximum absolute atomic E-state index is 12.0. The molecule has 0 bridgehead atoms. The van der Waals surface area contributed by atoms with Crippen LogP contribution in [-0.4, -0.2) is 26.5 Å². The fourth-order valence-corrected chi connectivity index (χ4v) is 2.55. The number of amides is 2. The van der Waals surface area contributed by atoms with Gasteiger partial charge in [-0.25, -0.2) is 8.42 Å². The van der Waals surface area contributed by atoms with Crippen molar-refractivity contribution in [2.24, 2.45) is 0 Å². The third-order valence-electron chi connectivity index (χ3n) is 3.13. The van der Waals surface area contributed by atoms with Crippen molar-refractivity contribution in [3.63, 3.8) is 0 Å². The largest absolute Gasteiger partial charge is 0.284 e. The Morgan fingerprint density at radius 1 is 0.875 bits per heavy atom. The van der Waals surface area contributed by atoms with Gasteiger partial charge in [0.15, 0.2) is 0 Å². The van der Waals surface area contributed by atoms with Gasteiger partial charge in [-0.15, -0.1) is 0 Å². The highest BCUT2D eigenvalue weighted by atomic mass is 32.2. The molecule has 2 aromatic carbocycles. The summed E-state index contributed by atoms with van der Waals surface area (Å²) in [7, 11) is -3.37. The molecule has 0 atom stereocenters. The first-order valence-electron chi connectivity index (χ1n) is 7.00. The highest BCUT2D eigenvalue weighted by Gasteiger charge is 2.11. The Bertz CT molecular complexity index is 861. The summed E-state index contributed by atoms with van der Waals surface area (Å²) in [6.45, 7) is 1.80. The van der Waals surface area contributed by atoms with Gasteiger partial charge in [-0.2, -0.15) is 0 Å². The normalized spacial score (nSPS) is 10.8. The Labute approximate surface area is 140 Å². The van der Waals surface area contributed by atoms with E-state index in [2.05, 4.69) is 15.6 Å². The summed E-state index contributed by atoms with van der Waals surface area (Å²) in [6, 6.07) is 12.8. The first kappa shape index (κ1) is 17.5. The van der Waals surface area contributed by atoms with Gasteiger partial charge < -0.3 is 0 Å². The van der Waals surface area contributed by atoms with Crippen LogP contribution in [0.3, 0.4) is 0 Å². The third kappa shape index (κ3) is 4.82. The van der Waals surface area contributed by atoms with Crippen molar-refractivity contribution in [1.82, 2.24) is 10.9 Å². The van der Waals surface area contributed by atoms with E-state index in [-0.39, 0.29) is 5.56 Å². The number of carbonyl (C=O) groups is 2. The van der Waals surface area contributed by atoms with Gasteiger partial charge in [0.25, 0.3) is 11.8 Å². The van der Waals surface area contributed by atoms with Crippen molar-refractivity contribution in [3.05, 3.63) is 65.2 Å². The molecule has 0 fully saturated rings. The van der Waals surface area contributed by atoms with E-state index in [9.17, 15) is 18.0 Å². The lowest BCUT2D eigenvalue weighted by Crippen LogP contribution is -2.41. The van der Waals surface area contributed by atoms with Crippen molar-refractivity contribution in [3.8, 4) is 0 Å². The number of sulfonamides is 1. The van der Waals surface area contributed by atoms with Gasteiger partial charge in [-0.05, 0) is 42.8 Å². The monoisotopic (exact) mass is 347 g/mol. The maximum atomic E-state index is 12.0. The van der Waals surface area contributed by atoms with Crippen LogP contribution in [0.25, 0.3) is 0 Å². The number of hydrogen-bond donors (Lipinski definition) is 3. The molecule has 7 nitrogen and oxygen atoms in total. The van der Waals surface area contributed by atoms with Crippen LogP contribution >= 0.6 is 0 Å². The predicted octanol–water partition coefficient (Wildman–Crippen LogP) is 1.44. The summed E-state index contributed by atoms with van der Waals surface area (Å²) in [6.07, 6.45) is 1.04. The molecule has 2 aromatic rings. The lowest BCUT2D eigenvalue weighted by Gasteiger charge is -2.09. The Morgan fingerprint density at radius 3 is 2.04 bits per heavy atom. The number of nitrogens with one attached hydrogen (secondary N) is 3. The highest BCUT2D eigenvalue weighted by Crippen LogP contribution is 2.11. The number of hydrogen-bond acceptors (Lipinski definition) is 4. The molecular weight excluding hydrogens is 330 g/mol. The van der Waals surface area contributed by atoms with E-state index in [1.165, 1.54) is 24.3 Å². The SMILES string of the molecule is Cc1ccccc1C(=O)NNC(=O)c1ccc(NS(C)(=O)=O)cc1. The summed E-state index contributed by atoms with van der Waals surface area (Å²) in [5, 5.41) is 0. The average molecular weight is 347 g/mol. The lowest BCUT2D eigenvalue weighted by atomic mass is 10.1. The Hall–Kier alpha value is -2.87. The molecule has 3 N–H and O–H groups in total. The highest BCUT2D eigenvalue weighted by molar-refractivity contribution is 7.92. The van der Waals surface area contributed by atoms with Crippen molar-refractivity contribution < 1.29 is 18.0 Å². The van der Waals surface area contributed by atoms with Gasteiger partial charge in [-0.3, -0.25) is 25.2 Å². The topological polar surface area (TPSA) is 104 Å². The van der Waals surface area contributed by atoms with Crippen LogP contribution in [0.5, 0.6) is 0 Å². The van der Waals surface area contributed by atoms with E-state index in [0.29, 0.717) is 11.3 Å². The molecule has 0 unspecified atom stereocenters. The molecule has 2 amide bonds. The maximum Gasteiger partial charge on any atom is 0.269 e. The minimum atomic E-state index is -3.37. The molecule has 0 heterocycles. The molecule has 0 aliphatic rings. The molecule has 126 valence electrons. The Kier molecular flexibility index (Phi) is 5.20. The second-order valence-corrected chi connectivity index (χ2v) is 6.92. The molecule has 0 aliphatic carbocycles. The van der Waals surface area contributed by atoms with Crippen molar-refractivity contribution in [1.29, 1.82) is 0 Å². The number of aryl methyl sites for hydroxylation is 1. The zero-order valence-corrected chi connectivity index (χ0v) is 14.0. The summed E-state index contributed by atoms with van der Waals surface area (Å²) in [4.78, 5) is 24.0. The second kappa shape index (κ2) is 7.14. The fraction of sp³-hybridized carbons (Fsp3) is 0.125. The molecule has 2 rings (SSSR count). The van der Waals surface area contributed by atoms with Crippen LogP contribution in [0.1, 0.15) is 26.3 Å². The van der Waals surface area contributed by atoms with Crippen molar-refractivity contribution in [2.45, 2.75) is 6.92 Å². The van der Waals surface area contributed by atoms with E-state index in [0.717, 1.165) is 11.8 Å². The molecule has 0 aliphatic heterocycles. The summed E-state index contributed by atoms with van der Waals surface area (Å²) in [5.74, 6) is -0.931. The molecule has 8 heteroatoms. The first-order valence-corrected chi connectivity index (χ1v) is 8.89. The van der Waals surface area contributed by atoms with E-state index >= 15 is 0 Å². The molecule has 0 saturated heterocycles. The van der Waals surface area contributed by atoms with Crippen LogP contribution in [-0.2, 0) is 10.0 Å². The van der Waals surface area contributed by atoms with Crippen LogP contribution in [0.2, 0.25) is 0 Å². The molecule has 0 saturated carbocycles. The molecular formula is C16H17N3O4S. The van der Waals surface area contributed by atoms with E-state index in [4.69, 9.17) is 0 Å². The smallest absolute Gasteiger partial charge is 0.269 e. The van der Waals surface area contributed by atoms with E-state index in [1.807, 2.05) is 6.07 Å². The molecule has 0 spiro atoms. The van der Waals surface area contributed by atoms with Gasteiger partial charge in [-0.1, -0.05) is 18.2 Å². The quantitative estimate of drug-likeness (QED) is 0.728. The average Bonchev–Trinajstić information content (AvgIpc) is 2.52. The lowest BCUT2D eigenvalue weighted by molar-refractivity contribution is 0.0846. The molecule has 24 heavy (non-hydrogen) atoms. The van der Waals surface area contributed by atoms with Crippen molar-refractivity contribution in [2.75, 3.05) is 11.0 Å². The van der Waals surface area contributed by atoms with Crippen LogP contribution < -0.4 is 15.6 Å². The number of anilines is 1. The Morgan fingerprint density at radius 2 is 1.46 bits per heavy atom. The molecule has 0 aromatic heterocycles. The zero-order chi connectivity index (χ0) is 17.7. The third-order valence-corrected chi connectivity index (χ3v) is 3.74.